The first kappa shape index (κ1) is 9.14. The van der Waals surface area contributed by atoms with Crippen LogP contribution in [0, 0.1) is 6.92 Å². The lowest BCUT2D eigenvalue weighted by Crippen LogP contribution is -1.79. The number of halogens is 1. The molecule has 0 spiro atoms. The van der Waals surface area contributed by atoms with Gasteiger partial charge in [-0.2, -0.15) is 0 Å². The van der Waals surface area contributed by atoms with Gasteiger partial charge in [-0.05, 0) is 36.3 Å². The van der Waals surface area contributed by atoms with Crippen molar-refractivity contribution in [2.75, 3.05) is 7.11 Å². The predicted molar refractivity (Wildman–Crippen MR) is 52.2 cm³/mol. The van der Waals surface area contributed by atoms with Crippen LogP contribution in [0.1, 0.15) is 11.1 Å². The van der Waals surface area contributed by atoms with Crippen LogP contribution in [0.3, 0.4) is 0 Å². The highest BCUT2D eigenvalue weighted by Crippen LogP contribution is 2.16. The van der Waals surface area contributed by atoms with E-state index in [-0.39, 0.29) is 0 Å². The fourth-order valence-electron chi connectivity index (χ4n) is 0.967. The van der Waals surface area contributed by atoms with Gasteiger partial charge in [0.1, 0.15) is 0 Å². The Hall–Kier alpha value is -0.950. The van der Waals surface area contributed by atoms with Gasteiger partial charge in [0.25, 0.3) is 0 Å². The number of aryl methyl sites for hydroxylation is 1. The van der Waals surface area contributed by atoms with Crippen LogP contribution in [0.4, 0.5) is 0 Å². The second-order valence-electron chi connectivity index (χ2n) is 2.54. The molecule has 0 aliphatic heterocycles. The van der Waals surface area contributed by atoms with Crippen molar-refractivity contribution < 1.29 is 4.74 Å². The van der Waals surface area contributed by atoms with Crippen molar-refractivity contribution in [1.29, 1.82) is 0 Å². The van der Waals surface area contributed by atoms with E-state index in [9.17, 15) is 0 Å². The minimum Gasteiger partial charge on any atom is -0.504 e. The van der Waals surface area contributed by atoms with Gasteiger partial charge in [0.15, 0.2) is 0 Å². The Bertz CT molecular complexity index is 292. The number of ether oxygens (including phenoxy) is 1. The fourth-order valence-corrected chi connectivity index (χ4v) is 1.19. The molecule has 2 heteroatoms. The van der Waals surface area contributed by atoms with Crippen molar-refractivity contribution in [3.63, 3.8) is 0 Å². The van der Waals surface area contributed by atoms with E-state index in [4.69, 9.17) is 16.3 Å². The summed E-state index contributed by atoms with van der Waals surface area (Å²) in [5.74, 6) is 0. The minimum atomic E-state index is 0.766. The van der Waals surface area contributed by atoms with Gasteiger partial charge in [-0.15, -0.1) is 0 Å². The molecule has 0 aliphatic carbocycles. The van der Waals surface area contributed by atoms with Gasteiger partial charge in [-0.25, -0.2) is 0 Å². The first-order valence-electron chi connectivity index (χ1n) is 3.69. The van der Waals surface area contributed by atoms with Crippen molar-refractivity contribution in [2.24, 2.45) is 0 Å². The van der Waals surface area contributed by atoms with E-state index in [2.05, 4.69) is 0 Å². The average Bonchev–Trinajstić information content (AvgIpc) is 2.03. The van der Waals surface area contributed by atoms with Crippen LogP contribution in [0.5, 0.6) is 0 Å². The summed E-state index contributed by atoms with van der Waals surface area (Å²) >= 11 is 5.80. The van der Waals surface area contributed by atoms with Crippen molar-refractivity contribution in [3.05, 3.63) is 40.6 Å². The molecule has 0 saturated carbocycles. The zero-order chi connectivity index (χ0) is 8.97. The molecular formula is C10H11ClO. The Kier molecular flexibility index (Phi) is 3.18. The lowest BCUT2D eigenvalue weighted by atomic mass is 10.1. The van der Waals surface area contributed by atoms with Gasteiger partial charge in [0.05, 0.1) is 13.4 Å². The maximum absolute atomic E-state index is 5.80. The predicted octanol–water partition coefficient (Wildman–Crippen LogP) is 3.27. The highest BCUT2D eigenvalue weighted by atomic mass is 35.5. The third-order valence-corrected chi connectivity index (χ3v) is 1.85. The summed E-state index contributed by atoms with van der Waals surface area (Å²) in [6.07, 6.45) is 3.56. The monoisotopic (exact) mass is 182 g/mol. The van der Waals surface area contributed by atoms with Crippen LogP contribution in [0.2, 0.25) is 5.02 Å². The molecule has 0 saturated heterocycles. The van der Waals surface area contributed by atoms with Gasteiger partial charge >= 0.3 is 0 Å². The van der Waals surface area contributed by atoms with Crippen LogP contribution < -0.4 is 0 Å². The first-order chi connectivity index (χ1) is 5.74. The molecule has 0 radical (unpaired) electrons. The summed E-state index contributed by atoms with van der Waals surface area (Å²) in [4.78, 5) is 0. The maximum atomic E-state index is 5.80. The molecule has 0 unspecified atom stereocenters. The molecule has 12 heavy (non-hydrogen) atoms. The van der Waals surface area contributed by atoms with Crippen LogP contribution in [-0.4, -0.2) is 7.11 Å². The summed E-state index contributed by atoms with van der Waals surface area (Å²) in [6.45, 7) is 2.02. The Morgan fingerprint density at radius 2 is 2.17 bits per heavy atom. The Labute approximate surface area is 77.6 Å². The number of benzene rings is 1. The Balaban J connectivity index is 2.94. The van der Waals surface area contributed by atoms with Crippen molar-refractivity contribution in [2.45, 2.75) is 6.92 Å². The van der Waals surface area contributed by atoms with E-state index in [0.29, 0.717) is 0 Å². The molecule has 0 heterocycles. The van der Waals surface area contributed by atoms with Gasteiger partial charge in [0, 0.05) is 5.02 Å². The number of hydrogen-bond acceptors (Lipinski definition) is 1. The lowest BCUT2D eigenvalue weighted by molar-refractivity contribution is 0.341. The molecule has 0 amide bonds. The highest BCUT2D eigenvalue weighted by Gasteiger charge is 1.94. The molecule has 0 aliphatic rings. The highest BCUT2D eigenvalue weighted by molar-refractivity contribution is 6.30. The second kappa shape index (κ2) is 4.17. The van der Waals surface area contributed by atoms with Gasteiger partial charge < -0.3 is 4.74 Å². The molecule has 0 bridgehead atoms. The van der Waals surface area contributed by atoms with Crippen LogP contribution in [-0.2, 0) is 4.74 Å². The summed E-state index contributed by atoms with van der Waals surface area (Å²) in [7, 11) is 1.63. The second-order valence-corrected chi connectivity index (χ2v) is 2.98. The van der Waals surface area contributed by atoms with Gasteiger partial charge in [0.2, 0.25) is 0 Å². The van der Waals surface area contributed by atoms with E-state index in [1.165, 1.54) is 0 Å². The van der Waals surface area contributed by atoms with E-state index in [1.807, 2.05) is 31.2 Å². The van der Waals surface area contributed by atoms with Crippen LogP contribution in [0.25, 0.3) is 6.08 Å². The molecule has 0 fully saturated rings. The molecule has 1 aromatic rings. The summed E-state index contributed by atoms with van der Waals surface area (Å²) in [6, 6.07) is 5.76. The summed E-state index contributed by atoms with van der Waals surface area (Å²) < 4.78 is 4.82. The van der Waals surface area contributed by atoms with E-state index in [1.54, 1.807) is 13.4 Å². The zero-order valence-electron chi connectivity index (χ0n) is 7.17. The van der Waals surface area contributed by atoms with Crippen molar-refractivity contribution >= 4 is 17.7 Å². The first-order valence-corrected chi connectivity index (χ1v) is 4.07. The standard InChI is InChI=1S/C10H11ClO/c1-8-7-10(11)4-3-9(8)5-6-12-2/h3-7H,1-2H3/b6-5+. The summed E-state index contributed by atoms with van der Waals surface area (Å²) in [5, 5.41) is 0.766. The molecule has 0 aromatic heterocycles. The number of hydrogen-bond donors (Lipinski definition) is 0. The Morgan fingerprint density at radius 1 is 1.42 bits per heavy atom. The third kappa shape index (κ3) is 2.28. The molecular weight excluding hydrogens is 172 g/mol. The fraction of sp³-hybridized carbons (Fsp3) is 0.200. The third-order valence-electron chi connectivity index (χ3n) is 1.62. The average molecular weight is 183 g/mol. The molecule has 1 aromatic carbocycles. The van der Waals surface area contributed by atoms with Crippen molar-refractivity contribution in [1.82, 2.24) is 0 Å². The molecule has 1 rings (SSSR count). The largest absolute Gasteiger partial charge is 0.504 e. The van der Waals surface area contributed by atoms with E-state index < -0.39 is 0 Å². The zero-order valence-corrected chi connectivity index (χ0v) is 7.93. The normalized spacial score (nSPS) is 10.6. The summed E-state index contributed by atoms with van der Waals surface area (Å²) in [5.41, 5.74) is 2.28. The Morgan fingerprint density at radius 3 is 2.75 bits per heavy atom. The van der Waals surface area contributed by atoms with Gasteiger partial charge in [-0.1, -0.05) is 17.7 Å². The molecule has 1 nitrogen and oxygen atoms in total. The SMILES string of the molecule is CO/C=C/c1ccc(Cl)cc1C. The lowest BCUT2D eigenvalue weighted by Gasteiger charge is -1.99. The molecule has 64 valence electrons. The van der Waals surface area contributed by atoms with Gasteiger partial charge in [-0.3, -0.25) is 0 Å². The van der Waals surface area contributed by atoms with Crippen LogP contribution >= 0.6 is 11.6 Å². The quantitative estimate of drug-likeness (QED) is 0.638. The van der Waals surface area contributed by atoms with Crippen LogP contribution in [0.15, 0.2) is 24.5 Å². The molecule has 0 atom stereocenters. The van der Waals surface area contributed by atoms with Crippen molar-refractivity contribution in [3.8, 4) is 0 Å². The minimum absolute atomic E-state index is 0.766. The topological polar surface area (TPSA) is 9.23 Å². The number of rotatable bonds is 2. The van der Waals surface area contributed by atoms with E-state index >= 15 is 0 Å². The maximum Gasteiger partial charge on any atom is 0.0830 e. The number of methoxy groups -OCH3 is 1. The van der Waals surface area contributed by atoms with E-state index in [0.717, 1.165) is 16.1 Å². The smallest absolute Gasteiger partial charge is 0.0830 e. The molecule has 0 N–H and O–H groups in total.